The van der Waals surface area contributed by atoms with Gasteiger partial charge < -0.3 is 10.2 Å². The highest BCUT2D eigenvalue weighted by molar-refractivity contribution is 5.76. The second-order valence-corrected chi connectivity index (χ2v) is 5.95. The van der Waals surface area contributed by atoms with Crippen molar-refractivity contribution in [3.63, 3.8) is 0 Å². The molecule has 0 aromatic carbocycles. The van der Waals surface area contributed by atoms with Crippen LogP contribution >= 0.6 is 0 Å². The average molecular weight is 256 g/mol. The zero-order chi connectivity index (χ0) is 14.0. The van der Waals surface area contributed by atoms with Crippen LogP contribution in [0.3, 0.4) is 0 Å². The zero-order valence-electron chi connectivity index (χ0n) is 13.0. The molecule has 0 bridgehead atoms. The van der Waals surface area contributed by atoms with E-state index in [4.69, 9.17) is 0 Å². The predicted octanol–water partition coefficient (Wildman–Crippen LogP) is 2.91. The highest BCUT2D eigenvalue weighted by atomic mass is 16.2. The van der Waals surface area contributed by atoms with Crippen LogP contribution in [0.4, 0.5) is 0 Å². The van der Waals surface area contributed by atoms with Crippen LogP contribution in [0.1, 0.15) is 53.4 Å². The summed E-state index contributed by atoms with van der Waals surface area (Å²) in [5, 5.41) is 3.09. The van der Waals surface area contributed by atoms with Gasteiger partial charge in [0, 0.05) is 19.5 Å². The summed E-state index contributed by atoms with van der Waals surface area (Å²) in [6.45, 7) is 11.6. The number of hydrogen-bond donors (Lipinski definition) is 1. The summed E-state index contributed by atoms with van der Waals surface area (Å²) in [4.78, 5) is 14.2. The van der Waals surface area contributed by atoms with Gasteiger partial charge in [0.1, 0.15) is 0 Å². The number of amides is 1. The van der Waals surface area contributed by atoms with Crippen LogP contribution in [0, 0.1) is 11.8 Å². The summed E-state index contributed by atoms with van der Waals surface area (Å²) in [6, 6.07) is 0. The molecule has 0 aromatic rings. The molecule has 0 aliphatic heterocycles. The van der Waals surface area contributed by atoms with Crippen molar-refractivity contribution in [2.24, 2.45) is 11.8 Å². The maximum absolute atomic E-state index is 12.1. The van der Waals surface area contributed by atoms with Crippen molar-refractivity contribution in [1.82, 2.24) is 10.2 Å². The Balaban J connectivity index is 4.11. The van der Waals surface area contributed by atoms with Crippen LogP contribution in [0.15, 0.2) is 0 Å². The first-order valence-electron chi connectivity index (χ1n) is 7.39. The van der Waals surface area contributed by atoms with E-state index in [-0.39, 0.29) is 0 Å². The first-order chi connectivity index (χ1) is 8.47. The Bertz CT molecular complexity index is 203. The molecule has 0 unspecified atom stereocenters. The van der Waals surface area contributed by atoms with Gasteiger partial charge in [0.15, 0.2) is 0 Å². The van der Waals surface area contributed by atoms with Gasteiger partial charge in [-0.3, -0.25) is 4.79 Å². The maximum atomic E-state index is 12.1. The molecule has 0 atom stereocenters. The fraction of sp³-hybridized carbons (Fsp3) is 0.933. The van der Waals surface area contributed by atoms with E-state index in [9.17, 15) is 4.79 Å². The average Bonchev–Trinajstić information content (AvgIpc) is 2.28. The minimum Gasteiger partial charge on any atom is -0.343 e. The summed E-state index contributed by atoms with van der Waals surface area (Å²) in [6.07, 6.45) is 3.83. The largest absolute Gasteiger partial charge is 0.343 e. The monoisotopic (exact) mass is 256 g/mol. The van der Waals surface area contributed by atoms with Gasteiger partial charge in [-0.1, -0.05) is 27.7 Å². The van der Waals surface area contributed by atoms with Crippen LogP contribution in [0.5, 0.6) is 0 Å². The fourth-order valence-electron chi connectivity index (χ4n) is 1.76. The molecule has 0 spiro atoms. The first-order valence-corrected chi connectivity index (χ1v) is 7.39. The van der Waals surface area contributed by atoms with Crippen LogP contribution in [-0.2, 0) is 4.79 Å². The van der Waals surface area contributed by atoms with Crippen molar-refractivity contribution in [3.05, 3.63) is 0 Å². The molecule has 0 saturated heterocycles. The number of nitrogens with one attached hydrogen (secondary N) is 1. The third-order valence-electron chi connectivity index (χ3n) is 3.12. The summed E-state index contributed by atoms with van der Waals surface area (Å²) < 4.78 is 0. The Hall–Kier alpha value is -0.570. The second-order valence-electron chi connectivity index (χ2n) is 5.95. The Morgan fingerprint density at radius 1 is 1.06 bits per heavy atom. The van der Waals surface area contributed by atoms with Crippen LogP contribution < -0.4 is 5.32 Å². The van der Waals surface area contributed by atoms with Gasteiger partial charge in [-0.25, -0.2) is 0 Å². The Kier molecular flexibility index (Phi) is 10.0. The molecule has 3 nitrogen and oxygen atoms in total. The normalized spacial score (nSPS) is 11.3. The smallest absolute Gasteiger partial charge is 0.222 e. The quantitative estimate of drug-likeness (QED) is 0.610. The predicted molar refractivity (Wildman–Crippen MR) is 78.7 cm³/mol. The van der Waals surface area contributed by atoms with Crippen LogP contribution in [-0.4, -0.2) is 37.5 Å². The topological polar surface area (TPSA) is 32.3 Å². The molecule has 0 saturated carbocycles. The molecule has 0 aliphatic rings. The first kappa shape index (κ1) is 17.4. The van der Waals surface area contributed by atoms with E-state index >= 15 is 0 Å². The van der Waals surface area contributed by atoms with Crippen LogP contribution in [0.25, 0.3) is 0 Å². The lowest BCUT2D eigenvalue weighted by molar-refractivity contribution is -0.131. The van der Waals surface area contributed by atoms with E-state index in [1.807, 2.05) is 7.05 Å². The van der Waals surface area contributed by atoms with Gasteiger partial charge >= 0.3 is 0 Å². The van der Waals surface area contributed by atoms with Gasteiger partial charge in [-0.15, -0.1) is 0 Å². The molecule has 18 heavy (non-hydrogen) atoms. The number of carbonyl (C=O) groups is 1. The molecule has 0 aliphatic carbocycles. The summed E-state index contributed by atoms with van der Waals surface area (Å²) in [7, 11) is 1.93. The van der Waals surface area contributed by atoms with E-state index in [1.54, 1.807) is 0 Å². The van der Waals surface area contributed by atoms with Crippen LogP contribution in [0.2, 0.25) is 0 Å². The highest BCUT2D eigenvalue weighted by Gasteiger charge is 2.13. The lowest BCUT2D eigenvalue weighted by Gasteiger charge is -2.24. The standard InChI is InChI=1S/C15H32N2O/c1-13(2)8-11-17(12-9-14(3)4)15(18)7-6-10-16-5/h13-14,16H,6-12H2,1-5H3. The van der Waals surface area contributed by atoms with E-state index in [1.165, 1.54) is 0 Å². The molecule has 3 heteroatoms. The van der Waals surface area contributed by atoms with Gasteiger partial charge in [-0.2, -0.15) is 0 Å². The highest BCUT2D eigenvalue weighted by Crippen LogP contribution is 2.08. The third kappa shape index (κ3) is 9.46. The lowest BCUT2D eigenvalue weighted by atomic mass is 10.1. The van der Waals surface area contributed by atoms with Gasteiger partial charge in [0.25, 0.3) is 0 Å². The Morgan fingerprint density at radius 2 is 1.56 bits per heavy atom. The minimum absolute atomic E-state index is 0.326. The molecular formula is C15H32N2O. The molecule has 0 radical (unpaired) electrons. The van der Waals surface area contributed by atoms with E-state index < -0.39 is 0 Å². The number of hydrogen-bond acceptors (Lipinski definition) is 2. The molecule has 0 rings (SSSR count). The molecule has 108 valence electrons. The fourth-order valence-corrected chi connectivity index (χ4v) is 1.76. The van der Waals surface area contributed by atoms with E-state index in [0.717, 1.165) is 38.9 Å². The molecule has 1 amide bonds. The van der Waals surface area contributed by atoms with Crippen molar-refractivity contribution in [3.8, 4) is 0 Å². The minimum atomic E-state index is 0.326. The zero-order valence-corrected chi connectivity index (χ0v) is 13.0. The Morgan fingerprint density at radius 3 is 1.94 bits per heavy atom. The SMILES string of the molecule is CNCCCC(=O)N(CCC(C)C)CCC(C)C. The van der Waals surface area contributed by atoms with E-state index in [0.29, 0.717) is 24.2 Å². The van der Waals surface area contributed by atoms with Gasteiger partial charge in [-0.05, 0) is 44.7 Å². The maximum Gasteiger partial charge on any atom is 0.222 e. The lowest BCUT2D eigenvalue weighted by Crippen LogP contribution is -2.34. The Labute approximate surface area is 113 Å². The summed E-state index contributed by atoms with van der Waals surface area (Å²) in [5.74, 6) is 1.65. The third-order valence-corrected chi connectivity index (χ3v) is 3.12. The van der Waals surface area contributed by atoms with Crippen molar-refractivity contribution < 1.29 is 4.79 Å². The second kappa shape index (κ2) is 10.4. The molecule has 0 heterocycles. The number of nitrogens with zero attached hydrogens (tertiary/aromatic N) is 1. The van der Waals surface area contributed by atoms with Crippen molar-refractivity contribution in [1.29, 1.82) is 0 Å². The van der Waals surface area contributed by atoms with Crippen molar-refractivity contribution in [2.75, 3.05) is 26.7 Å². The van der Waals surface area contributed by atoms with Gasteiger partial charge in [0.05, 0.1) is 0 Å². The number of rotatable bonds is 10. The summed E-state index contributed by atoms with van der Waals surface area (Å²) >= 11 is 0. The summed E-state index contributed by atoms with van der Waals surface area (Å²) in [5.41, 5.74) is 0. The van der Waals surface area contributed by atoms with Crippen molar-refractivity contribution >= 4 is 5.91 Å². The number of carbonyl (C=O) groups excluding carboxylic acids is 1. The molecule has 1 N–H and O–H groups in total. The van der Waals surface area contributed by atoms with Gasteiger partial charge in [0.2, 0.25) is 5.91 Å². The van der Waals surface area contributed by atoms with Crippen molar-refractivity contribution in [2.45, 2.75) is 53.4 Å². The molecule has 0 aromatic heterocycles. The molecular weight excluding hydrogens is 224 g/mol. The molecule has 0 fully saturated rings. The van der Waals surface area contributed by atoms with E-state index in [2.05, 4.69) is 37.9 Å².